The van der Waals surface area contributed by atoms with Crippen LogP contribution in [0.2, 0.25) is 0 Å². The highest BCUT2D eigenvalue weighted by molar-refractivity contribution is 5.85. The van der Waals surface area contributed by atoms with Crippen molar-refractivity contribution in [3.8, 4) is 28.4 Å². The Hall–Kier alpha value is -4.28. The zero-order valence-electron chi connectivity index (χ0n) is 16.6. The molecule has 5 rings (SSSR count). The van der Waals surface area contributed by atoms with Crippen molar-refractivity contribution >= 4 is 5.52 Å². The van der Waals surface area contributed by atoms with Crippen LogP contribution in [0.1, 0.15) is 5.82 Å². The van der Waals surface area contributed by atoms with Crippen molar-refractivity contribution in [2.75, 3.05) is 0 Å². The van der Waals surface area contributed by atoms with Gasteiger partial charge in [0.1, 0.15) is 35.9 Å². The number of hydrogen-bond donors (Lipinski definition) is 0. The Morgan fingerprint density at radius 3 is 2.53 bits per heavy atom. The second-order valence-corrected chi connectivity index (χ2v) is 6.87. The van der Waals surface area contributed by atoms with Crippen molar-refractivity contribution in [2.45, 2.75) is 6.61 Å². The molecule has 11 heteroatoms. The zero-order valence-corrected chi connectivity index (χ0v) is 16.6. The van der Waals surface area contributed by atoms with E-state index in [2.05, 4.69) is 25.4 Å². The van der Waals surface area contributed by atoms with E-state index in [0.717, 1.165) is 18.2 Å². The maximum absolute atomic E-state index is 14.5. The highest BCUT2D eigenvalue weighted by Crippen LogP contribution is 2.36. The fourth-order valence-corrected chi connectivity index (χ4v) is 3.34. The van der Waals surface area contributed by atoms with Gasteiger partial charge in [-0.25, -0.2) is 22.7 Å². The van der Waals surface area contributed by atoms with Crippen LogP contribution in [-0.2, 0) is 13.7 Å². The van der Waals surface area contributed by atoms with Crippen molar-refractivity contribution in [1.29, 1.82) is 0 Å². The molecule has 3 heterocycles. The lowest BCUT2D eigenvalue weighted by Crippen LogP contribution is -2.05. The van der Waals surface area contributed by atoms with Crippen molar-refractivity contribution in [1.82, 2.24) is 34.6 Å². The van der Waals surface area contributed by atoms with E-state index in [1.54, 1.807) is 19.2 Å². The average Bonchev–Trinajstić information content (AvgIpc) is 3.34. The van der Waals surface area contributed by atoms with E-state index in [9.17, 15) is 13.2 Å². The van der Waals surface area contributed by atoms with Gasteiger partial charge in [-0.3, -0.25) is 4.68 Å². The van der Waals surface area contributed by atoms with Crippen molar-refractivity contribution < 1.29 is 17.9 Å². The number of hydrogen-bond acceptors (Lipinski definition) is 6. The lowest BCUT2D eigenvalue weighted by molar-refractivity contribution is 0.278. The number of aromatic nitrogens is 7. The molecule has 0 saturated carbocycles. The van der Waals surface area contributed by atoms with Crippen LogP contribution >= 0.6 is 0 Å². The molecule has 0 radical (unpaired) electrons. The number of fused-ring (bicyclic) bond motifs is 1. The largest absolute Gasteiger partial charge is 0.468 e. The summed E-state index contributed by atoms with van der Waals surface area (Å²) in [5, 5.41) is 16.4. The molecule has 0 spiro atoms. The van der Waals surface area contributed by atoms with E-state index in [1.807, 2.05) is 0 Å². The van der Waals surface area contributed by atoms with E-state index in [0.29, 0.717) is 11.3 Å². The quantitative estimate of drug-likeness (QED) is 0.418. The lowest BCUT2D eigenvalue weighted by Gasteiger charge is -2.06. The fourth-order valence-electron chi connectivity index (χ4n) is 3.34. The van der Waals surface area contributed by atoms with Gasteiger partial charge in [-0.1, -0.05) is 12.1 Å². The molecular weight excluding hydrogens is 423 g/mol. The third-order valence-electron chi connectivity index (χ3n) is 4.83. The number of benzene rings is 2. The van der Waals surface area contributed by atoms with Crippen LogP contribution in [-0.4, -0.2) is 34.6 Å². The molecule has 5 aromatic rings. The van der Waals surface area contributed by atoms with Crippen molar-refractivity contribution in [3.63, 3.8) is 0 Å². The first-order valence-corrected chi connectivity index (χ1v) is 9.42. The minimum Gasteiger partial charge on any atom is -0.468 e. The van der Waals surface area contributed by atoms with Gasteiger partial charge in [-0.05, 0) is 29.8 Å². The van der Waals surface area contributed by atoms with Crippen LogP contribution in [0.25, 0.3) is 28.0 Å². The molecule has 2 aromatic carbocycles. The molecule has 0 aliphatic heterocycles. The molecular formula is C21H14F3N7O. The molecule has 0 aliphatic carbocycles. The molecule has 3 aromatic heterocycles. The maximum Gasteiger partial charge on any atom is 0.242 e. The predicted octanol–water partition coefficient (Wildman–Crippen LogP) is 3.58. The number of rotatable bonds is 5. The smallest absolute Gasteiger partial charge is 0.242 e. The molecule has 160 valence electrons. The van der Waals surface area contributed by atoms with Crippen LogP contribution in [0, 0.1) is 17.5 Å². The number of nitrogens with zero attached hydrogens (tertiary/aromatic N) is 7. The molecule has 0 N–H and O–H groups in total. The van der Waals surface area contributed by atoms with Gasteiger partial charge in [0.05, 0.1) is 17.3 Å². The summed E-state index contributed by atoms with van der Waals surface area (Å²) in [6.07, 6.45) is 2.74. The fraction of sp³-hybridized carbons (Fsp3) is 0.0952. The molecule has 0 unspecified atom stereocenters. The van der Waals surface area contributed by atoms with Gasteiger partial charge in [0.15, 0.2) is 11.6 Å². The van der Waals surface area contributed by atoms with Gasteiger partial charge < -0.3 is 4.74 Å². The monoisotopic (exact) mass is 437 g/mol. The number of halogens is 3. The first-order chi connectivity index (χ1) is 15.5. The lowest BCUT2D eigenvalue weighted by atomic mass is 10.1. The predicted molar refractivity (Wildman–Crippen MR) is 107 cm³/mol. The van der Waals surface area contributed by atoms with Gasteiger partial charge >= 0.3 is 0 Å². The summed E-state index contributed by atoms with van der Waals surface area (Å²) >= 11 is 0. The summed E-state index contributed by atoms with van der Waals surface area (Å²) in [4.78, 5) is 4.09. The molecule has 8 nitrogen and oxygen atoms in total. The van der Waals surface area contributed by atoms with Gasteiger partial charge in [-0.15, -0.1) is 10.2 Å². The van der Waals surface area contributed by atoms with E-state index in [4.69, 9.17) is 4.74 Å². The molecule has 0 saturated heterocycles. The van der Waals surface area contributed by atoms with E-state index in [1.165, 1.54) is 33.9 Å². The van der Waals surface area contributed by atoms with Gasteiger partial charge in [0.25, 0.3) is 0 Å². The summed E-state index contributed by atoms with van der Waals surface area (Å²) < 4.78 is 51.2. The third-order valence-corrected chi connectivity index (χ3v) is 4.83. The van der Waals surface area contributed by atoms with Crippen LogP contribution < -0.4 is 4.74 Å². The van der Waals surface area contributed by atoms with Crippen LogP contribution in [0.5, 0.6) is 5.88 Å². The Morgan fingerprint density at radius 2 is 1.81 bits per heavy atom. The summed E-state index contributed by atoms with van der Waals surface area (Å²) in [6, 6.07) is 9.08. The third kappa shape index (κ3) is 3.43. The Morgan fingerprint density at radius 1 is 1.03 bits per heavy atom. The second kappa shape index (κ2) is 7.76. The summed E-state index contributed by atoms with van der Waals surface area (Å²) in [7, 11) is 1.70. The van der Waals surface area contributed by atoms with E-state index in [-0.39, 0.29) is 35.0 Å². The maximum atomic E-state index is 14.5. The SMILES string of the molecule is Cn1ncnc1COc1nn2c(-c3ccccc3F)nncc2c1-c1cc(F)cc(F)c1. The number of aryl methyl sites for hydroxylation is 1. The molecule has 0 atom stereocenters. The standard InChI is InChI=1S/C21H14F3N7O/c1-30-18(25-11-27-30)10-32-21-19(12-6-13(22)8-14(23)7-12)17-9-26-28-20(31(17)29-21)15-4-2-3-5-16(15)24/h2-9,11H,10H2,1H3. The minimum absolute atomic E-state index is 0.0128. The average molecular weight is 437 g/mol. The van der Waals surface area contributed by atoms with E-state index >= 15 is 0 Å². The Kier molecular flexibility index (Phi) is 4.77. The van der Waals surface area contributed by atoms with E-state index < -0.39 is 17.5 Å². The first kappa shape index (κ1) is 19.7. The highest BCUT2D eigenvalue weighted by atomic mass is 19.1. The Labute approximate surface area is 178 Å². The van der Waals surface area contributed by atoms with Crippen LogP contribution in [0.4, 0.5) is 13.2 Å². The summed E-state index contributed by atoms with van der Waals surface area (Å²) in [6.45, 7) is -0.0128. The first-order valence-electron chi connectivity index (χ1n) is 9.42. The number of ether oxygens (including phenoxy) is 1. The minimum atomic E-state index is -0.769. The van der Waals surface area contributed by atoms with Crippen molar-refractivity contribution in [3.05, 3.63) is 78.3 Å². The normalized spacial score (nSPS) is 11.2. The topological polar surface area (TPSA) is 83.0 Å². The summed E-state index contributed by atoms with van der Waals surface area (Å²) in [5.41, 5.74) is 0.942. The van der Waals surface area contributed by atoms with Gasteiger partial charge in [0, 0.05) is 13.1 Å². The van der Waals surface area contributed by atoms with Gasteiger partial charge in [-0.2, -0.15) is 10.2 Å². The Bertz CT molecular complexity index is 1430. The van der Waals surface area contributed by atoms with Crippen LogP contribution in [0.3, 0.4) is 0 Å². The summed E-state index contributed by atoms with van der Waals surface area (Å²) in [5.74, 6) is -1.41. The molecule has 0 amide bonds. The Balaban J connectivity index is 1.72. The molecule has 0 fully saturated rings. The van der Waals surface area contributed by atoms with Crippen molar-refractivity contribution in [2.24, 2.45) is 7.05 Å². The second-order valence-electron chi connectivity index (χ2n) is 6.87. The molecule has 32 heavy (non-hydrogen) atoms. The molecule has 0 bridgehead atoms. The van der Waals surface area contributed by atoms with Crippen LogP contribution in [0.15, 0.2) is 55.0 Å². The highest BCUT2D eigenvalue weighted by Gasteiger charge is 2.22. The zero-order chi connectivity index (χ0) is 22.2. The molecule has 0 aliphatic rings. The van der Waals surface area contributed by atoms with Gasteiger partial charge in [0.2, 0.25) is 5.88 Å².